The first-order valence-electron chi connectivity index (χ1n) is 11.3. The van der Waals surface area contributed by atoms with E-state index >= 15 is 0 Å². The summed E-state index contributed by atoms with van der Waals surface area (Å²) in [6, 6.07) is 6.68. The lowest BCUT2D eigenvalue weighted by molar-refractivity contribution is -0.145. The predicted octanol–water partition coefficient (Wildman–Crippen LogP) is 3.16. The molecule has 1 saturated carbocycles. The molecule has 2 unspecified atom stereocenters. The molecule has 29 heavy (non-hydrogen) atoms. The van der Waals surface area contributed by atoms with Crippen LogP contribution in [0, 0.1) is 29.6 Å². The Bertz CT molecular complexity index is 739. The molecule has 3 aliphatic heterocycles. The molecule has 158 valence electrons. The monoisotopic (exact) mass is 399 g/mol. The van der Waals surface area contributed by atoms with Crippen molar-refractivity contribution in [1.29, 1.82) is 0 Å². The smallest absolute Gasteiger partial charge is 0.309 e. The van der Waals surface area contributed by atoms with E-state index in [1.54, 1.807) is 0 Å². The Hall–Kier alpha value is -1.59. The summed E-state index contributed by atoms with van der Waals surface area (Å²) in [5, 5.41) is 3.57. The first-order chi connectivity index (χ1) is 14.2. The molecule has 5 rings (SSSR count). The molecule has 1 N–H and O–H groups in total. The molecule has 2 bridgehead atoms. The second-order valence-corrected chi connectivity index (χ2v) is 9.53. The Morgan fingerprint density at radius 1 is 1.17 bits per heavy atom. The zero-order valence-corrected chi connectivity index (χ0v) is 17.6. The molecule has 1 aromatic rings. The standard InChI is InChI=1S/C24H33NO4/c1-14(24(26)27-2)22(16-4-5-16)17-6-3-15-7-8-20(29-21(15)9-17)23-18-10-25-11-19(23)13-28-12-18/h3,6,9,14,16,18-20,22-23,25H,4-5,7-8,10-13H2,1-2H3/t14-,18-,19+,20?,22-,23?/m0/s1. The first-order valence-corrected chi connectivity index (χ1v) is 11.3. The minimum Gasteiger partial charge on any atom is -0.490 e. The lowest BCUT2D eigenvalue weighted by Crippen LogP contribution is -2.56. The van der Waals surface area contributed by atoms with Gasteiger partial charge in [-0.3, -0.25) is 4.79 Å². The summed E-state index contributed by atoms with van der Waals surface area (Å²) >= 11 is 0. The van der Waals surface area contributed by atoms with Crippen molar-refractivity contribution in [1.82, 2.24) is 5.32 Å². The highest BCUT2D eigenvalue weighted by atomic mass is 16.5. The van der Waals surface area contributed by atoms with E-state index in [-0.39, 0.29) is 23.9 Å². The number of aryl methyl sites for hydroxylation is 1. The molecular weight excluding hydrogens is 366 g/mol. The van der Waals surface area contributed by atoms with Crippen LogP contribution in [0.3, 0.4) is 0 Å². The maximum Gasteiger partial charge on any atom is 0.309 e. The van der Waals surface area contributed by atoms with Gasteiger partial charge < -0.3 is 19.5 Å². The van der Waals surface area contributed by atoms with Crippen LogP contribution in [0.25, 0.3) is 0 Å². The average molecular weight is 400 g/mol. The fourth-order valence-electron chi connectivity index (χ4n) is 6.07. The van der Waals surface area contributed by atoms with E-state index < -0.39 is 0 Å². The number of esters is 1. The van der Waals surface area contributed by atoms with Gasteiger partial charge in [0.1, 0.15) is 11.9 Å². The fraction of sp³-hybridized carbons (Fsp3) is 0.708. The van der Waals surface area contributed by atoms with E-state index in [9.17, 15) is 4.79 Å². The average Bonchev–Trinajstić information content (AvgIpc) is 3.57. The Morgan fingerprint density at radius 2 is 1.93 bits per heavy atom. The minimum absolute atomic E-state index is 0.110. The predicted molar refractivity (Wildman–Crippen MR) is 110 cm³/mol. The van der Waals surface area contributed by atoms with Crippen LogP contribution in [0.15, 0.2) is 18.2 Å². The third-order valence-corrected chi connectivity index (χ3v) is 7.69. The number of ether oxygens (including phenoxy) is 3. The van der Waals surface area contributed by atoms with Crippen LogP contribution in [0.5, 0.6) is 5.75 Å². The van der Waals surface area contributed by atoms with Gasteiger partial charge in [0.2, 0.25) is 0 Å². The quantitative estimate of drug-likeness (QED) is 0.771. The Labute approximate surface area is 173 Å². The van der Waals surface area contributed by atoms with Crippen LogP contribution in [-0.4, -0.2) is 45.5 Å². The molecule has 0 amide bonds. The number of methoxy groups -OCH3 is 1. The van der Waals surface area contributed by atoms with Crippen molar-refractivity contribution in [3.8, 4) is 5.75 Å². The lowest BCUT2D eigenvalue weighted by atomic mass is 9.72. The first kappa shape index (κ1) is 19.4. The molecule has 0 spiro atoms. The molecule has 0 aromatic heterocycles. The summed E-state index contributed by atoms with van der Waals surface area (Å²) in [6.07, 6.45) is 4.84. The molecule has 2 saturated heterocycles. The van der Waals surface area contributed by atoms with E-state index in [0.29, 0.717) is 23.7 Å². The van der Waals surface area contributed by atoms with Crippen LogP contribution < -0.4 is 10.1 Å². The fourth-order valence-corrected chi connectivity index (χ4v) is 6.07. The summed E-state index contributed by atoms with van der Waals surface area (Å²) in [4.78, 5) is 12.2. The van der Waals surface area contributed by atoms with Gasteiger partial charge in [-0.15, -0.1) is 0 Å². The van der Waals surface area contributed by atoms with E-state index in [1.165, 1.54) is 31.1 Å². The number of fused-ring (bicyclic) bond motifs is 3. The number of carbonyl (C=O) groups is 1. The highest BCUT2D eigenvalue weighted by Crippen LogP contribution is 2.48. The maximum absolute atomic E-state index is 12.2. The number of benzene rings is 1. The highest BCUT2D eigenvalue weighted by molar-refractivity contribution is 5.73. The number of hydrogen-bond acceptors (Lipinski definition) is 5. The zero-order valence-electron chi connectivity index (χ0n) is 17.6. The minimum atomic E-state index is -0.120. The molecule has 1 aliphatic carbocycles. The third-order valence-electron chi connectivity index (χ3n) is 7.69. The van der Waals surface area contributed by atoms with Crippen LogP contribution in [-0.2, 0) is 20.7 Å². The summed E-state index contributed by atoms with van der Waals surface area (Å²) < 4.78 is 17.6. The van der Waals surface area contributed by atoms with Crippen molar-refractivity contribution in [2.24, 2.45) is 29.6 Å². The Morgan fingerprint density at radius 3 is 2.62 bits per heavy atom. The molecule has 5 heteroatoms. The van der Waals surface area contributed by atoms with Crippen molar-refractivity contribution in [2.75, 3.05) is 33.4 Å². The van der Waals surface area contributed by atoms with Crippen molar-refractivity contribution in [2.45, 2.75) is 44.6 Å². The van der Waals surface area contributed by atoms with Gasteiger partial charge in [0.05, 0.1) is 26.2 Å². The van der Waals surface area contributed by atoms with E-state index in [2.05, 4.69) is 23.5 Å². The van der Waals surface area contributed by atoms with Gasteiger partial charge in [0.25, 0.3) is 0 Å². The van der Waals surface area contributed by atoms with Crippen LogP contribution in [0.4, 0.5) is 0 Å². The molecule has 5 nitrogen and oxygen atoms in total. The molecule has 6 atom stereocenters. The van der Waals surface area contributed by atoms with Gasteiger partial charge in [-0.1, -0.05) is 19.1 Å². The number of hydrogen-bond donors (Lipinski definition) is 1. The normalized spacial score (nSPS) is 33.2. The van der Waals surface area contributed by atoms with Gasteiger partial charge in [-0.05, 0) is 54.7 Å². The van der Waals surface area contributed by atoms with Gasteiger partial charge in [-0.2, -0.15) is 0 Å². The Balaban J connectivity index is 1.38. The van der Waals surface area contributed by atoms with E-state index in [0.717, 1.165) is 44.9 Å². The van der Waals surface area contributed by atoms with Gasteiger partial charge >= 0.3 is 5.97 Å². The van der Waals surface area contributed by atoms with E-state index in [4.69, 9.17) is 14.2 Å². The molecule has 1 aromatic carbocycles. The SMILES string of the molecule is COC(=O)[C@@H](C)[C@H](c1ccc2c(c1)OC(C1[C@@H]3CNC[C@H]1COC3)CC2)C1CC1. The van der Waals surface area contributed by atoms with Crippen LogP contribution in [0.1, 0.15) is 43.2 Å². The lowest BCUT2D eigenvalue weighted by Gasteiger charge is -2.47. The summed E-state index contributed by atoms with van der Waals surface area (Å²) in [7, 11) is 1.49. The molecule has 3 heterocycles. The van der Waals surface area contributed by atoms with E-state index in [1.807, 2.05) is 6.92 Å². The van der Waals surface area contributed by atoms with Crippen molar-refractivity contribution in [3.05, 3.63) is 29.3 Å². The number of rotatable bonds is 5. The summed E-state index contributed by atoms with van der Waals surface area (Å²) in [5.41, 5.74) is 2.54. The number of nitrogens with one attached hydrogen (secondary N) is 1. The highest BCUT2D eigenvalue weighted by Gasteiger charge is 2.44. The van der Waals surface area contributed by atoms with Gasteiger partial charge in [0.15, 0.2) is 0 Å². The molecule has 4 aliphatic rings. The van der Waals surface area contributed by atoms with Crippen molar-refractivity contribution < 1.29 is 19.0 Å². The second kappa shape index (κ2) is 7.92. The zero-order chi connectivity index (χ0) is 20.0. The van der Waals surface area contributed by atoms with Crippen molar-refractivity contribution >= 4 is 5.97 Å². The summed E-state index contributed by atoms with van der Waals surface area (Å²) in [6.45, 7) is 5.78. The maximum atomic E-state index is 12.2. The van der Waals surface area contributed by atoms with Crippen LogP contribution in [0.2, 0.25) is 0 Å². The second-order valence-electron chi connectivity index (χ2n) is 9.53. The molecule has 0 radical (unpaired) electrons. The van der Waals surface area contributed by atoms with Crippen molar-refractivity contribution in [3.63, 3.8) is 0 Å². The van der Waals surface area contributed by atoms with Gasteiger partial charge in [0, 0.05) is 30.8 Å². The third kappa shape index (κ3) is 3.68. The Kier molecular flexibility index (Phi) is 5.29. The molecular formula is C24H33NO4. The van der Waals surface area contributed by atoms with Crippen LogP contribution >= 0.6 is 0 Å². The number of piperidine rings is 1. The summed E-state index contributed by atoms with van der Waals surface area (Å²) in [5.74, 6) is 3.30. The van der Waals surface area contributed by atoms with Gasteiger partial charge in [-0.25, -0.2) is 0 Å². The number of carbonyl (C=O) groups excluding carboxylic acids is 1. The molecule has 3 fully saturated rings. The topological polar surface area (TPSA) is 56.8 Å². The largest absolute Gasteiger partial charge is 0.490 e.